The molecule has 4 aromatic rings. The van der Waals surface area contributed by atoms with Crippen molar-refractivity contribution in [2.75, 3.05) is 5.32 Å². The van der Waals surface area contributed by atoms with Crippen LogP contribution < -0.4 is 10.1 Å². The quantitative estimate of drug-likeness (QED) is 0.563. The molecule has 0 fully saturated rings. The fourth-order valence-corrected chi connectivity index (χ4v) is 2.67. The predicted octanol–water partition coefficient (Wildman–Crippen LogP) is 3.66. The van der Waals surface area contributed by atoms with Gasteiger partial charge in [-0.25, -0.2) is 18.9 Å². The van der Waals surface area contributed by atoms with E-state index in [4.69, 9.17) is 16.3 Å². The molecule has 0 unspecified atom stereocenters. The van der Waals surface area contributed by atoms with E-state index in [0.717, 1.165) is 0 Å². The summed E-state index contributed by atoms with van der Waals surface area (Å²) in [7, 11) is 0. The van der Waals surface area contributed by atoms with Gasteiger partial charge in [-0.2, -0.15) is 5.10 Å². The van der Waals surface area contributed by atoms with Crippen molar-refractivity contribution >= 4 is 29.0 Å². The van der Waals surface area contributed by atoms with Crippen molar-refractivity contribution in [3.63, 3.8) is 0 Å². The van der Waals surface area contributed by atoms with Crippen LogP contribution in [0.5, 0.6) is 11.5 Å². The third kappa shape index (κ3) is 3.60. The highest BCUT2D eigenvalue weighted by Crippen LogP contribution is 2.25. The molecule has 0 aliphatic carbocycles. The lowest BCUT2D eigenvalue weighted by Gasteiger charge is -2.10. The van der Waals surface area contributed by atoms with Gasteiger partial charge < -0.3 is 10.1 Å². The van der Waals surface area contributed by atoms with E-state index in [-0.39, 0.29) is 17.1 Å². The highest BCUT2D eigenvalue weighted by molar-refractivity contribution is 6.30. The fraction of sp³-hybridized carbons (Fsp3) is 0.0556. The van der Waals surface area contributed by atoms with Crippen molar-refractivity contribution in [3.05, 3.63) is 71.3 Å². The van der Waals surface area contributed by atoms with Crippen LogP contribution >= 0.6 is 11.6 Å². The van der Waals surface area contributed by atoms with Gasteiger partial charge in [0.25, 0.3) is 5.91 Å². The molecule has 0 aromatic carbocycles. The van der Waals surface area contributed by atoms with Crippen LogP contribution in [0, 0.1) is 12.7 Å². The third-order valence-electron chi connectivity index (χ3n) is 3.77. The Morgan fingerprint density at radius 1 is 1.25 bits per heavy atom. The van der Waals surface area contributed by atoms with Crippen molar-refractivity contribution in [1.82, 2.24) is 24.6 Å². The van der Waals surface area contributed by atoms with Gasteiger partial charge in [0, 0.05) is 12.3 Å². The molecule has 0 bridgehead atoms. The number of aryl methyl sites for hydroxylation is 1. The lowest BCUT2D eigenvalue weighted by molar-refractivity contribution is 0.102. The number of aromatic nitrogens is 5. The first-order valence-corrected chi connectivity index (χ1v) is 8.44. The zero-order chi connectivity index (χ0) is 19.7. The predicted molar refractivity (Wildman–Crippen MR) is 99.2 cm³/mol. The maximum absolute atomic E-state index is 13.4. The average molecular weight is 399 g/mol. The van der Waals surface area contributed by atoms with Crippen LogP contribution in [0.2, 0.25) is 5.02 Å². The normalized spacial score (nSPS) is 10.8. The molecule has 0 aliphatic heterocycles. The van der Waals surface area contributed by atoms with Crippen LogP contribution in [0.4, 0.5) is 10.2 Å². The Kier molecular flexibility index (Phi) is 4.58. The Hall–Kier alpha value is -3.59. The molecule has 0 aliphatic rings. The van der Waals surface area contributed by atoms with Crippen molar-refractivity contribution in [3.8, 4) is 11.5 Å². The molecule has 0 spiro atoms. The van der Waals surface area contributed by atoms with Crippen molar-refractivity contribution in [2.45, 2.75) is 6.92 Å². The molecular formula is C18H12ClFN6O2. The minimum absolute atomic E-state index is 0.177. The fourth-order valence-electron chi connectivity index (χ4n) is 2.51. The van der Waals surface area contributed by atoms with Crippen molar-refractivity contribution in [2.24, 2.45) is 0 Å². The topological polar surface area (TPSA) is 94.3 Å². The van der Waals surface area contributed by atoms with Gasteiger partial charge >= 0.3 is 0 Å². The van der Waals surface area contributed by atoms with Gasteiger partial charge in [-0.3, -0.25) is 9.78 Å². The summed E-state index contributed by atoms with van der Waals surface area (Å²) in [6.07, 6.45) is 5.85. The van der Waals surface area contributed by atoms with E-state index < -0.39 is 11.7 Å². The van der Waals surface area contributed by atoms with Gasteiger partial charge in [-0.1, -0.05) is 11.6 Å². The van der Waals surface area contributed by atoms with E-state index in [9.17, 15) is 9.18 Å². The number of nitrogens with one attached hydrogen (secondary N) is 1. The Balaban J connectivity index is 1.68. The molecule has 8 nitrogen and oxygen atoms in total. The number of ether oxygens (including phenoxy) is 1. The second-order valence-electron chi connectivity index (χ2n) is 5.78. The SMILES string of the molecule is Cc1nc(NC(=O)c2cc(Oc3cncc(Cl)c3)cn3ncnc23)ccc1F. The van der Waals surface area contributed by atoms with Crippen LogP contribution in [0.15, 0.2) is 49.2 Å². The summed E-state index contributed by atoms with van der Waals surface area (Å²) < 4.78 is 20.5. The van der Waals surface area contributed by atoms with Crippen molar-refractivity contribution < 1.29 is 13.9 Å². The second kappa shape index (κ2) is 7.20. The third-order valence-corrected chi connectivity index (χ3v) is 3.98. The minimum atomic E-state index is -0.494. The second-order valence-corrected chi connectivity index (χ2v) is 6.21. The summed E-state index contributed by atoms with van der Waals surface area (Å²) in [5.41, 5.74) is 0.706. The summed E-state index contributed by atoms with van der Waals surface area (Å²) in [6.45, 7) is 1.51. The van der Waals surface area contributed by atoms with Crippen molar-refractivity contribution in [1.29, 1.82) is 0 Å². The molecule has 4 heterocycles. The highest BCUT2D eigenvalue weighted by Gasteiger charge is 2.16. The molecule has 10 heteroatoms. The number of rotatable bonds is 4. The number of hydrogen-bond acceptors (Lipinski definition) is 6. The van der Waals surface area contributed by atoms with E-state index in [1.54, 1.807) is 12.3 Å². The van der Waals surface area contributed by atoms with Gasteiger partial charge in [-0.15, -0.1) is 0 Å². The van der Waals surface area contributed by atoms with E-state index >= 15 is 0 Å². The molecule has 140 valence electrons. The number of nitrogens with zero attached hydrogens (tertiary/aromatic N) is 5. The monoisotopic (exact) mass is 398 g/mol. The number of carbonyl (C=O) groups is 1. The van der Waals surface area contributed by atoms with Crippen LogP contribution in [0.3, 0.4) is 0 Å². The molecule has 1 amide bonds. The Morgan fingerprint density at radius 2 is 2.11 bits per heavy atom. The summed E-state index contributed by atoms with van der Waals surface area (Å²) in [5.74, 6) is -0.00825. The molecule has 4 aromatic heterocycles. The number of hydrogen-bond donors (Lipinski definition) is 1. The van der Waals surface area contributed by atoms with Crippen LogP contribution in [0.1, 0.15) is 16.1 Å². The average Bonchev–Trinajstić information content (AvgIpc) is 3.12. The Labute approximate surface area is 163 Å². The number of halogens is 2. The largest absolute Gasteiger partial charge is 0.454 e. The first-order chi connectivity index (χ1) is 13.5. The molecule has 28 heavy (non-hydrogen) atoms. The Morgan fingerprint density at radius 3 is 2.89 bits per heavy atom. The smallest absolute Gasteiger partial charge is 0.260 e. The summed E-state index contributed by atoms with van der Waals surface area (Å²) in [4.78, 5) is 24.8. The number of fused-ring (bicyclic) bond motifs is 1. The highest BCUT2D eigenvalue weighted by atomic mass is 35.5. The lowest BCUT2D eigenvalue weighted by atomic mass is 10.2. The molecule has 4 rings (SSSR count). The number of amides is 1. The zero-order valence-electron chi connectivity index (χ0n) is 14.4. The number of pyridine rings is 3. The zero-order valence-corrected chi connectivity index (χ0v) is 15.2. The van der Waals surface area contributed by atoms with Crippen LogP contribution in [-0.4, -0.2) is 30.5 Å². The minimum Gasteiger partial charge on any atom is -0.454 e. The summed E-state index contributed by atoms with van der Waals surface area (Å²) >= 11 is 5.92. The van der Waals surface area contributed by atoms with Crippen LogP contribution in [0.25, 0.3) is 5.65 Å². The molecular weight excluding hydrogens is 387 g/mol. The Bertz CT molecular complexity index is 1200. The maximum atomic E-state index is 13.4. The van der Waals surface area contributed by atoms with Gasteiger partial charge in [0.1, 0.15) is 29.5 Å². The summed E-state index contributed by atoms with van der Waals surface area (Å²) in [5, 5.41) is 7.09. The molecule has 0 radical (unpaired) electrons. The number of anilines is 1. The van der Waals surface area contributed by atoms with Crippen LogP contribution in [-0.2, 0) is 0 Å². The first-order valence-electron chi connectivity index (χ1n) is 8.06. The molecule has 1 N–H and O–H groups in total. The lowest BCUT2D eigenvalue weighted by Crippen LogP contribution is -2.15. The van der Waals surface area contributed by atoms with Gasteiger partial charge in [0.05, 0.1) is 28.7 Å². The molecule has 0 saturated carbocycles. The molecule has 0 atom stereocenters. The molecule has 0 saturated heterocycles. The summed E-state index contributed by atoms with van der Waals surface area (Å²) in [6, 6.07) is 5.71. The van der Waals surface area contributed by atoms with Gasteiger partial charge in [0.15, 0.2) is 5.65 Å². The maximum Gasteiger partial charge on any atom is 0.260 e. The van der Waals surface area contributed by atoms with E-state index in [1.165, 1.54) is 48.4 Å². The first kappa shape index (κ1) is 17.8. The van der Waals surface area contributed by atoms with E-state index in [2.05, 4.69) is 25.4 Å². The number of carbonyl (C=O) groups excluding carboxylic acids is 1. The van der Waals surface area contributed by atoms with E-state index in [0.29, 0.717) is 22.2 Å². The van der Waals surface area contributed by atoms with Gasteiger partial charge in [-0.05, 0) is 25.1 Å². The standard InChI is InChI=1S/C18H12ClFN6O2/c1-10-15(20)2-3-16(24-10)25-18(27)14-5-13(8-26-17(14)22-9-23-26)28-12-4-11(19)6-21-7-12/h2-9H,1H3,(H,24,25,27). The van der Waals surface area contributed by atoms with Gasteiger partial charge in [0.2, 0.25) is 0 Å². The van der Waals surface area contributed by atoms with E-state index in [1.807, 2.05) is 0 Å².